The van der Waals surface area contributed by atoms with Gasteiger partial charge in [-0.05, 0) is 34.4 Å². The smallest absolute Gasteiger partial charge is 0.217 e. The molecule has 4 aromatic carbocycles. The number of rotatable bonds is 18. The number of aliphatic hydroxyl groups is 3. The summed E-state index contributed by atoms with van der Waals surface area (Å²) in [4.78, 5) is 12.4. The van der Waals surface area contributed by atoms with E-state index in [9.17, 15) is 20.1 Å². The molecular weight excluding hydrogens is 722 g/mol. The largest absolute Gasteiger partial charge is 0.497 e. The van der Waals surface area contributed by atoms with Gasteiger partial charge in [-0.3, -0.25) is 4.79 Å². The van der Waals surface area contributed by atoms with Crippen LogP contribution in [-0.2, 0) is 64.4 Å². The average molecular weight is 774 g/mol. The van der Waals surface area contributed by atoms with Crippen molar-refractivity contribution >= 4 is 5.91 Å². The van der Waals surface area contributed by atoms with Gasteiger partial charge in [0.05, 0.1) is 46.8 Å². The molecule has 0 unspecified atom stereocenters. The maximum Gasteiger partial charge on any atom is 0.217 e. The molecule has 10 atom stereocenters. The number of carbonyl (C=O) groups excluding carboxylic acids is 1. The fraction of sp³-hybridized carbons (Fsp3) is 0.419. The van der Waals surface area contributed by atoms with E-state index in [4.69, 9.17) is 37.9 Å². The first-order chi connectivity index (χ1) is 27.3. The molecule has 0 saturated carbocycles. The van der Waals surface area contributed by atoms with Crippen LogP contribution in [0.4, 0.5) is 0 Å². The molecule has 56 heavy (non-hydrogen) atoms. The predicted octanol–water partition coefficient (Wildman–Crippen LogP) is 3.65. The van der Waals surface area contributed by atoms with Crippen LogP contribution in [0.15, 0.2) is 115 Å². The predicted molar refractivity (Wildman–Crippen MR) is 203 cm³/mol. The number of hydrogen-bond donors (Lipinski definition) is 4. The summed E-state index contributed by atoms with van der Waals surface area (Å²) in [5.41, 5.74) is 3.59. The normalized spacial score (nSPS) is 27.7. The third kappa shape index (κ3) is 11.2. The van der Waals surface area contributed by atoms with Gasteiger partial charge in [-0.2, -0.15) is 0 Å². The Morgan fingerprint density at radius 1 is 0.625 bits per heavy atom. The van der Waals surface area contributed by atoms with Crippen LogP contribution in [0.3, 0.4) is 0 Å². The molecule has 2 aliphatic heterocycles. The van der Waals surface area contributed by atoms with Crippen LogP contribution in [0.1, 0.15) is 29.2 Å². The lowest BCUT2D eigenvalue weighted by molar-refractivity contribution is -0.360. The number of benzene rings is 4. The van der Waals surface area contributed by atoms with Gasteiger partial charge in [0.25, 0.3) is 0 Å². The van der Waals surface area contributed by atoms with Crippen LogP contribution in [0.25, 0.3) is 0 Å². The number of ether oxygens (including phenoxy) is 8. The number of methoxy groups -OCH3 is 1. The third-order valence-electron chi connectivity index (χ3n) is 9.67. The van der Waals surface area contributed by atoms with Gasteiger partial charge in [-0.25, -0.2) is 0 Å². The van der Waals surface area contributed by atoms with E-state index in [0.29, 0.717) is 5.75 Å². The van der Waals surface area contributed by atoms with Crippen molar-refractivity contribution in [1.29, 1.82) is 0 Å². The summed E-state index contributed by atoms with van der Waals surface area (Å²) in [6.07, 6.45) is -10.4. The van der Waals surface area contributed by atoms with Crippen LogP contribution in [0, 0.1) is 0 Å². The second kappa shape index (κ2) is 20.8. The molecule has 0 aliphatic carbocycles. The van der Waals surface area contributed by atoms with E-state index in [1.54, 1.807) is 7.11 Å². The minimum Gasteiger partial charge on any atom is -0.497 e. The van der Waals surface area contributed by atoms with Gasteiger partial charge >= 0.3 is 0 Å². The van der Waals surface area contributed by atoms with Crippen LogP contribution in [0.2, 0.25) is 0 Å². The van der Waals surface area contributed by atoms with E-state index in [1.165, 1.54) is 6.92 Å². The lowest BCUT2D eigenvalue weighted by Gasteiger charge is -2.49. The van der Waals surface area contributed by atoms with Gasteiger partial charge in [0.15, 0.2) is 12.6 Å². The van der Waals surface area contributed by atoms with Gasteiger partial charge in [0.2, 0.25) is 5.91 Å². The summed E-state index contributed by atoms with van der Waals surface area (Å²) in [5, 5.41) is 34.7. The van der Waals surface area contributed by atoms with Crippen molar-refractivity contribution < 1.29 is 58.0 Å². The maximum atomic E-state index is 12.4. The van der Waals surface area contributed by atoms with Crippen molar-refractivity contribution in [2.75, 3.05) is 20.3 Å². The molecule has 6 rings (SSSR count). The summed E-state index contributed by atoms with van der Waals surface area (Å²) < 4.78 is 51.1. The standard InChI is InChI=1S/C43H51NO12/c1-28(46)44-36-38(48)37(47)34(22-45)54-42(36)56-39-35(27-50-23-29-12-6-3-7-13-29)55-43(53-26-32-18-20-33(49-2)21-19-32)41(52-25-31-16-10-5-11-17-31)40(39)51-24-30-14-8-4-9-15-30/h3-21,34-43,45,47-48H,22-27H2,1-2H3,(H,44,46)/t34-,35-,36+,37-,38-,39-,40+,41-,42-,43-/m1/s1. The molecule has 2 heterocycles. The summed E-state index contributed by atoms with van der Waals surface area (Å²) in [5.74, 6) is 0.219. The number of nitrogens with one attached hydrogen (secondary N) is 1. The third-order valence-corrected chi connectivity index (χ3v) is 9.67. The minimum absolute atomic E-state index is 0.00465. The number of carbonyl (C=O) groups is 1. The zero-order valence-corrected chi connectivity index (χ0v) is 31.5. The van der Waals surface area contributed by atoms with Gasteiger partial charge in [-0.1, -0.05) is 103 Å². The lowest BCUT2D eigenvalue weighted by Crippen LogP contribution is -2.68. The summed E-state index contributed by atoms with van der Waals surface area (Å²) in [6, 6.07) is 35.2. The first-order valence-corrected chi connectivity index (χ1v) is 18.7. The van der Waals surface area contributed by atoms with Crippen molar-refractivity contribution in [3.05, 3.63) is 138 Å². The van der Waals surface area contributed by atoms with Crippen LogP contribution < -0.4 is 10.1 Å². The van der Waals surface area contributed by atoms with E-state index in [-0.39, 0.29) is 33.0 Å². The highest BCUT2D eigenvalue weighted by Crippen LogP contribution is 2.34. The van der Waals surface area contributed by atoms with E-state index < -0.39 is 73.9 Å². The Kier molecular flexibility index (Phi) is 15.4. The monoisotopic (exact) mass is 773 g/mol. The average Bonchev–Trinajstić information content (AvgIpc) is 3.23. The van der Waals surface area contributed by atoms with Gasteiger partial charge < -0.3 is 58.5 Å². The Balaban J connectivity index is 1.37. The lowest BCUT2D eigenvalue weighted by atomic mass is 9.95. The van der Waals surface area contributed by atoms with E-state index >= 15 is 0 Å². The number of hydrogen-bond acceptors (Lipinski definition) is 12. The summed E-state index contributed by atoms with van der Waals surface area (Å²) in [7, 11) is 1.60. The van der Waals surface area contributed by atoms with Crippen molar-refractivity contribution in [3.8, 4) is 5.75 Å². The molecular formula is C43H51NO12. The van der Waals surface area contributed by atoms with Crippen molar-refractivity contribution in [3.63, 3.8) is 0 Å². The number of aliphatic hydroxyl groups excluding tert-OH is 3. The fourth-order valence-electron chi connectivity index (χ4n) is 6.72. The van der Waals surface area contributed by atoms with E-state index in [0.717, 1.165) is 22.3 Å². The fourth-order valence-corrected chi connectivity index (χ4v) is 6.72. The maximum absolute atomic E-state index is 12.4. The van der Waals surface area contributed by atoms with Crippen molar-refractivity contribution in [1.82, 2.24) is 5.32 Å². The highest BCUT2D eigenvalue weighted by Gasteiger charge is 2.53. The van der Waals surface area contributed by atoms with E-state index in [1.807, 2.05) is 115 Å². The quantitative estimate of drug-likeness (QED) is 0.116. The molecule has 0 spiro atoms. The van der Waals surface area contributed by atoms with Gasteiger partial charge in [-0.15, -0.1) is 0 Å². The summed E-state index contributed by atoms with van der Waals surface area (Å²) in [6.45, 7) is 1.42. The molecule has 0 bridgehead atoms. The second-order valence-corrected chi connectivity index (χ2v) is 13.8. The van der Waals surface area contributed by atoms with Crippen LogP contribution in [-0.4, -0.2) is 103 Å². The molecule has 13 heteroatoms. The molecule has 2 fully saturated rings. The molecule has 2 saturated heterocycles. The van der Waals surface area contributed by atoms with Gasteiger partial charge in [0.1, 0.15) is 54.5 Å². The molecule has 13 nitrogen and oxygen atoms in total. The van der Waals surface area contributed by atoms with Crippen molar-refractivity contribution in [2.24, 2.45) is 0 Å². The number of amides is 1. The second-order valence-electron chi connectivity index (χ2n) is 13.8. The Hall–Kier alpha value is -4.25. The Labute approximate surface area is 327 Å². The molecule has 4 N–H and O–H groups in total. The van der Waals surface area contributed by atoms with Crippen LogP contribution in [0.5, 0.6) is 5.75 Å². The van der Waals surface area contributed by atoms with Crippen LogP contribution >= 0.6 is 0 Å². The topological polar surface area (TPSA) is 164 Å². The molecule has 0 radical (unpaired) electrons. The Morgan fingerprint density at radius 3 is 1.70 bits per heavy atom. The highest BCUT2D eigenvalue weighted by atomic mass is 16.7. The summed E-state index contributed by atoms with van der Waals surface area (Å²) >= 11 is 0. The molecule has 0 aromatic heterocycles. The highest BCUT2D eigenvalue weighted by molar-refractivity contribution is 5.73. The first kappa shape index (κ1) is 41.4. The molecule has 1 amide bonds. The Bertz CT molecular complexity index is 1730. The Morgan fingerprint density at radius 2 is 1.14 bits per heavy atom. The molecule has 4 aromatic rings. The van der Waals surface area contributed by atoms with Crippen molar-refractivity contribution in [2.45, 2.75) is 94.7 Å². The zero-order chi connectivity index (χ0) is 39.3. The van der Waals surface area contributed by atoms with E-state index in [2.05, 4.69) is 5.32 Å². The zero-order valence-electron chi connectivity index (χ0n) is 31.5. The minimum atomic E-state index is -1.54. The molecule has 2 aliphatic rings. The molecule has 300 valence electrons. The SMILES string of the molecule is COc1ccc(CO[C@@H]2O[C@H](COCc3ccccc3)[C@@H](O[C@H]3O[C@H](CO)[C@@H](O)[C@H](O)[C@@H]3NC(C)=O)[C@H](OCc3ccccc3)[C@H]2OCc2ccccc2)cc1. The van der Waals surface area contributed by atoms with Gasteiger partial charge in [0, 0.05) is 6.92 Å². The first-order valence-electron chi connectivity index (χ1n) is 18.7.